The van der Waals surface area contributed by atoms with E-state index in [1.54, 1.807) is 42.5 Å². The quantitative estimate of drug-likeness (QED) is 0.402. The Labute approximate surface area is 170 Å². The highest BCUT2D eigenvalue weighted by atomic mass is 79.9. The molecule has 3 aromatic carbocycles. The van der Waals surface area contributed by atoms with Crippen LogP contribution in [0.15, 0.2) is 81.7 Å². The SMILES string of the molecule is Cc1ccc(C(=O)c2oc3ccccc3c2NC(=O)c2ccc(Br)cc2)cc1. The smallest absolute Gasteiger partial charge is 0.255 e. The minimum atomic E-state index is -0.308. The predicted molar refractivity (Wildman–Crippen MR) is 113 cm³/mol. The van der Waals surface area contributed by atoms with Crippen LogP contribution in [0.25, 0.3) is 11.0 Å². The molecule has 4 aromatic rings. The number of furan rings is 1. The van der Waals surface area contributed by atoms with E-state index >= 15 is 0 Å². The lowest BCUT2D eigenvalue weighted by molar-refractivity contribution is 0.101. The van der Waals surface area contributed by atoms with Gasteiger partial charge in [0, 0.05) is 21.0 Å². The molecule has 0 unspecified atom stereocenters. The molecule has 28 heavy (non-hydrogen) atoms. The third kappa shape index (κ3) is 3.49. The van der Waals surface area contributed by atoms with Crippen LogP contribution in [-0.2, 0) is 0 Å². The van der Waals surface area contributed by atoms with E-state index in [-0.39, 0.29) is 17.5 Å². The molecular weight excluding hydrogens is 418 g/mol. The van der Waals surface area contributed by atoms with Crippen LogP contribution in [0.3, 0.4) is 0 Å². The topological polar surface area (TPSA) is 59.3 Å². The van der Waals surface area contributed by atoms with E-state index in [2.05, 4.69) is 21.2 Å². The van der Waals surface area contributed by atoms with Gasteiger partial charge in [0.15, 0.2) is 5.76 Å². The van der Waals surface area contributed by atoms with Crippen molar-refractivity contribution in [3.63, 3.8) is 0 Å². The maximum atomic E-state index is 13.1. The first-order valence-electron chi connectivity index (χ1n) is 8.73. The highest BCUT2D eigenvalue weighted by molar-refractivity contribution is 9.10. The van der Waals surface area contributed by atoms with Crippen LogP contribution in [0.2, 0.25) is 0 Å². The second-order valence-corrected chi connectivity index (χ2v) is 7.37. The van der Waals surface area contributed by atoms with Crippen molar-refractivity contribution in [2.75, 3.05) is 5.32 Å². The van der Waals surface area contributed by atoms with Gasteiger partial charge in [-0.05, 0) is 43.3 Å². The Balaban J connectivity index is 1.77. The number of hydrogen-bond acceptors (Lipinski definition) is 3. The van der Waals surface area contributed by atoms with E-state index in [1.807, 2.05) is 37.3 Å². The van der Waals surface area contributed by atoms with Crippen molar-refractivity contribution in [3.05, 3.63) is 99.7 Å². The molecule has 0 saturated heterocycles. The van der Waals surface area contributed by atoms with Gasteiger partial charge in [-0.1, -0.05) is 57.9 Å². The normalized spacial score (nSPS) is 10.8. The summed E-state index contributed by atoms with van der Waals surface area (Å²) in [6.45, 7) is 1.96. The van der Waals surface area contributed by atoms with Gasteiger partial charge in [-0.2, -0.15) is 0 Å². The Kier molecular flexibility index (Phi) is 4.84. The molecule has 0 saturated carbocycles. The van der Waals surface area contributed by atoms with Crippen LogP contribution in [0.4, 0.5) is 5.69 Å². The minimum absolute atomic E-state index is 0.121. The van der Waals surface area contributed by atoms with Crippen molar-refractivity contribution in [1.82, 2.24) is 0 Å². The molecule has 1 heterocycles. The lowest BCUT2D eigenvalue weighted by Crippen LogP contribution is -2.14. The Morgan fingerprint density at radius 3 is 2.21 bits per heavy atom. The number of aryl methyl sites for hydroxylation is 1. The Bertz CT molecular complexity index is 1170. The third-order valence-corrected chi connectivity index (χ3v) is 4.99. The standard InChI is InChI=1S/C23H16BrNO3/c1-14-6-8-15(9-7-14)21(26)22-20(18-4-2-3-5-19(18)28-22)25-23(27)16-10-12-17(24)13-11-16/h2-13H,1H3,(H,25,27). The lowest BCUT2D eigenvalue weighted by atomic mass is 10.1. The molecule has 0 radical (unpaired) electrons. The number of anilines is 1. The first-order chi connectivity index (χ1) is 13.5. The highest BCUT2D eigenvalue weighted by Crippen LogP contribution is 2.33. The second kappa shape index (κ2) is 7.44. The highest BCUT2D eigenvalue weighted by Gasteiger charge is 2.23. The summed E-state index contributed by atoms with van der Waals surface area (Å²) in [5, 5.41) is 3.55. The largest absolute Gasteiger partial charge is 0.450 e. The number of hydrogen-bond donors (Lipinski definition) is 1. The van der Waals surface area contributed by atoms with Crippen LogP contribution >= 0.6 is 15.9 Å². The number of amides is 1. The molecule has 0 fully saturated rings. The summed E-state index contributed by atoms with van der Waals surface area (Å²) in [6, 6.07) is 21.5. The van der Waals surface area contributed by atoms with Crippen molar-refractivity contribution in [1.29, 1.82) is 0 Å². The summed E-state index contributed by atoms with van der Waals surface area (Å²) in [5.74, 6) is -0.463. The zero-order chi connectivity index (χ0) is 19.7. The van der Waals surface area contributed by atoms with Gasteiger partial charge >= 0.3 is 0 Å². The zero-order valence-electron chi connectivity index (χ0n) is 15.0. The molecule has 4 rings (SSSR count). The van der Waals surface area contributed by atoms with E-state index in [0.29, 0.717) is 27.8 Å². The van der Waals surface area contributed by atoms with Crippen molar-refractivity contribution in [2.24, 2.45) is 0 Å². The van der Waals surface area contributed by atoms with E-state index in [1.165, 1.54) is 0 Å². The molecule has 5 heteroatoms. The van der Waals surface area contributed by atoms with Crippen molar-refractivity contribution in [3.8, 4) is 0 Å². The minimum Gasteiger partial charge on any atom is -0.450 e. The summed E-state index contributed by atoms with van der Waals surface area (Å²) < 4.78 is 6.71. The Morgan fingerprint density at radius 1 is 0.857 bits per heavy atom. The molecule has 0 aliphatic rings. The first-order valence-corrected chi connectivity index (χ1v) is 9.52. The zero-order valence-corrected chi connectivity index (χ0v) is 16.6. The van der Waals surface area contributed by atoms with Gasteiger partial charge in [0.2, 0.25) is 5.78 Å². The number of benzene rings is 3. The number of nitrogens with one attached hydrogen (secondary N) is 1. The number of para-hydroxylation sites is 1. The molecule has 0 bridgehead atoms. The van der Waals surface area contributed by atoms with Gasteiger partial charge in [-0.3, -0.25) is 9.59 Å². The predicted octanol–water partition coefficient (Wildman–Crippen LogP) is 5.99. The summed E-state index contributed by atoms with van der Waals surface area (Å²) in [6.07, 6.45) is 0. The fourth-order valence-electron chi connectivity index (χ4n) is 2.95. The van der Waals surface area contributed by atoms with Gasteiger partial charge < -0.3 is 9.73 Å². The van der Waals surface area contributed by atoms with E-state index < -0.39 is 0 Å². The molecule has 138 valence electrons. The Hall–Kier alpha value is -3.18. The van der Waals surface area contributed by atoms with Gasteiger partial charge in [-0.15, -0.1) is 0 Å². The number of carbonyl (C=O) groups is 2. The van der Waals surface area contributed by atoms with Gasteiger partial charge in [0.25, 0.3) is 5.91 Å². The van der Waals surface area contributed by atoms with E-state index in [9.17, 15) is 9.59 Å². The molecule has 4 nitrogen and oxygen atoms in total. The molecule has 1 amide bonds. The first kappa shape index (κ1) is 18.2. The molecular formula is C23H16BrNO3. The van der Waals surface area contributed by atoms with Gasteiger partial charge in [0.05, 0.1) is 5.69 Å². The lowest BCUT2D eigenvalue weighted by Gasteiger charge is -2.07. The molecule has 1 aromatic heterocycles. The monoisotopic (exact) mass is 433 g/mol. The summed E-state index contributed by atoms with van der Waals surface area (Å²) in [5.41, 5.74) is 2.98. The number of ketones is 1. The Morgan fingerprint density at radius 2 is 1.50 bits per heavy atom. The van der Waals surface area contributed by atoms with E-state index in [0.717, 1.165) is 10.0 Å². The second-order valence-electron chi connectivity index (χ2n) is 6.46. The van der Waals surface area contributed by atoms with Crippen molar-refractivity contribution < 1.29 is 14.0 Å². The number of fused-ring (bicyclic) bond motifs is 1. The van der Waals surface area contributed by atoms with Gasteiger partial charge in [0.1, 0.15) is 5.58 Å². The molecule has 1 N–H and O–H groups in total. The number of carbonyl (C=O) groups excluding carboxylic acids is 2. The average molecular weight is 434 g/mol. The van der Waals surface area contributed by atoms with Crippen LogP contribution in [-0.4, -0.2) is 11.7 Å². The van der Waals surface area contributed by atoms with Crippen molar-refractivity contribution in [2.45, 2.75) is 6.92 Å². The number of halogens is 1. The molecule has 0 spiro atoms. The van der Waals surface area contributed by atoms with Crippen LogP contribution in [0.1, 0.15) is 32.0 Å². The average Bonchev–Trinajstić information content (AvgIpc) is 3.07. The fourth-order valence-corrected chi connectivity index (χ4v) is 3.22. The third-order valence-electron chi connectivity index (χ3n) is 4.46. The van der Waals surface area contributed by atoms with E-state index in [4.69, 9.17) is 4.42 Å². The molecule has 0 aliphatic heterocycles. The van der Waals surface area contributed by atoms with Crippen molar-refractivity contribution >= 4 is 44.3 Å². The molecule has 0 aliphatic carbocycles. The number of rotatable bonds is 4. The maximum absolute atomic E-state index is 13.1. The van der Waals surface area contributed by atoms with Crippen LogP contribution < -0.4 is 5.32 Å². The summed E-state index contributed by atoms with van der Waals surface area (Å²) in [4.78, 5) is 25.8. The fraction of sp³-hybridized carbons (Fsp3) is 0.0435. The van der Waals surface area contributed by atoms with Gasteiger partial charge in [-0.25, -0.2) is 0 Å². The summed E-state index contributed by atoms with van der Waals surface area (Å²) in [7, 11) is 0. The maximum Gasteiger partial charge on any atom is 0.255 e. The molecule has 0 atom stereocenters. The van der Waals surface area contributed by atoms with Crippen LogP contribution in [0.5, 0.6) is 0 Å². The summed E-state index contributed by atoms with van der Waals surface area (Å²) >= 11 is 3.36. The van der Waals surface area contributed by atoms with Crippen LogP contribution in [0, 0.1) is 6.92 Å².